The molecule has 0 saturated heterocycles. The Morgan fingerprint density at radius 1 is 1.42 bits per heavy atom. The summed E-state index contributed by atoms with van der Waals surface area (Å²) in [5.74, 6) is -0.982. The molecule has 0 fully saturated rings. The van der Waals surface area contributed by atoms with Crippen LogP contribution in [-0.4, -0.2) is 44.3 Å². The monoisotopic (exact) mass is 400 g/mol. The molecule has 1 aliphatic rings. The van der Waals surface area contributed by atoms with Gasteiger partial charge >= 0.3 is 12.0 Å². The molecule has 1 atom stereocenters. The number of rotatable bonds is 5. The Morgan fingerprint density at radius 2 is 2.12 bits per heavy atom. The lowest BCUT2D eigenvalue weighted by Gasteiger charge is -2.33. The number of carbonyl (C=O) groups is 2. The number of allylic oxidation sites excluding steroid dienone is 1. The molecule has 24 heavy (non-hydrogen) atoms. The summed E-state index contributed by atoms with van der Waals surface area (Å²) < 4.78 is 23.8. The van der Waals surface area contributed by atoms with Gasteiger partial charge in [-0.15, -0.1) is 0 Å². The topological polar surface area (TPSA) is 67.9 Å². The molecule has 2 rings (SSSR count). The number of ether oxygens (including phenoxy) is 2. The molecule has 0 spiro atoms. The quantitative estimate of drug-likeness (QED) is 0.609. The number of nitrogens with one attached hydrogen (secondary N) is 1. The smallest absolute Gasteiger partial charge is 0.338 e. The highest BCUT2D eigenvalue weighted by molar-refractivity contribution is 9.10. The summed E-state index contributed by atoms with van der Waals surface area (Å²) in [7, 11) is 3.07. The number of benzene rings is 1. The van der Waals surface area contributed by atoms with E-state index in [1.807, 2.05) is 0 Å². The van der Waals surface area contributed by atoms with Gasteiger partial charge in [-0.05, 0) is 40.5 Å². The van der Waals surface area contributed by atoms with Gasteiger partial charge in [0.05, 0.1) is 22.7 Å². The van der Waals surface area contributed by atoms with Crippen LogP contribution >= 0.6 is 15.9 Å². The largest absolute Gasteiger partial charge is 0.460 e. The molecule has 6 nitrogen and oxygen atoms in total. The maximum atomic E-state index is 13.5. The van der Waals surface area contributed by atoms with Crippen molar-refractivity contribution in [2.45, 2.75) is 13.0 Å². The van der Waals surface area contributed by atoms with Gasteiger partial charge in [-0.3, -0.25) is 0 Å². The van der Waals surface area contributed by atoms with Crippen LogP contribution in [-0.2, 0) is 14.3 Å². The zero-order valence-corrected chi connectivity index (χ0v) is 15.1. The van der Waals surface area contributed by atoms with E-state index in [1.54, 1.807) is 14.0 Å². The first kappa shape index (κ1) is 18.4. The van der Waals surface area contributed by atoms with Gasteiger partial charge in [0, 0.05) is 19.9 Å². The van der Waals surface area contributed by atoms with Gasteiger partial charge < -0.3 is 19.7 Å². The van der Waals surface area contributed by atoms with E-state index in [2.05, 4.69) is 21.2 Å². The van der Waals surface area contributed by atoms with E-state index in [4.69, 9.17) is 9.47 Å². The van der Waals surface area contributed by atoms with Crippen LogP contribution in [0.1, 0.15) is 18.5 Å². The minimum Gasteiger partial charge on any atom is -0.460 e. The molecule has 0 aliphatic carbocycles. The van der Waals surface area contributed by atoms with Gasteiger partial charge in [0.2, 0.25) is 0 Å². The summed E-state index contributed by atoms with van der Waals surface area (Å²) in [4.78, 5) is 25.9. The standard InChI is InChI=1S/C16H18BrFN2O4/c1-9-13(15(21)24-7-6-23-3)14(19-16(22)20(9)2)10-4-5-12(18)11(17)8-10/h4-5,8,14H,6-7H2,1-3H3,(H,19,22)/t14-/m0/s1. The second-order valence-electron chi connectivity index (χ2n) is 5.24. The third-order valence-corrected chi connectivity index (χ3v) is 4.38. The van der Waals surface area contributed by atoms with Crippen molar-refractivity contribution in [3.8, 4) is 0 Å². The molecule has 1 heterocycles. The van der Waals surface area contributed by atoms with Crippen LogP contribution in [0.4, 0.5) is 9.18 Å². The van der Waals surface area contributed by atoms with Crippen LogP contribution in [0.2, 0.25) is 0 Å². The number of methoxy groups -OCH3 is 1. The van der Waals surface area contributed by atoms with Gasteiger partial charge in [0.15, 0.2) is 0 Å². The molecule has 1 N–H and O–H groups in total. The summed E-state index contributed by atoms with van der Waals surface area (Å²) in [5.41, 5.74) is 1.35. The molecule has 2 amide bonds. The highest BCUT2D eigenvalue weighted by Crippen LogP contribution is 2.32. The number of amides is 2. The lowest BCUT2D eigenvalue weighted by atomic mass is 9.95. The summed E-state index contributed by atoms with van der Waals surface area (Å²) in [5, 5.41) is 2.73. The average molecular weight is 401 g/mol. The van der Waals surface area contributed by atoms with E-state index in [-0.39, 0.29) is 23.7 Å². The number of carbonyl (C=O) groups excluding carboxylic acids is 2. The van der Waals surface area contributed by atoms with Crippen molar-refractivity contribution in [2.24, 2.45) is 0 Å². The molecule has 1 aromatic carbocycles. The summed E-state index contributed by atoms with van der Waals surface area (Å²) in [6.07, 6.45) is 0. The lowest BCUT2D eigenvalue weighted by molar-refractivity contribution is -0.140. The van der Waals surface area contributed by atoms with Crippen LogP contribution in [0.5, 0.6) is 0 Å². The lowest BCUT2D eigenvalue weighted by Crippen LogP contribution is -2.46. The zero-order valence-electron chi connectivity index (χ0n) is 13.6. The van der Waals surface area contributed by atoms with Crippen molar-refractivity contribution in [3.63, 3.8) is 0 Å². The second-order valence-corrected chi connectivity index (χ2v) is 6.10. The summed E-state index contributed by atoms with van der Waals surface area (Å²) in [6.45, 7) is 2.04. The Morgan fingerprint density at radius 3 is 2.75 bits per heavy atom. The number of hydrogen-bond donors (Lipinski definition) is 1. The molecule has 0 bridgehead atoms. The fraction of sp³-hybridized carbons (Fsp3) is 0.375. The molecular formula is C16H18BrFN2O4. The van der Waals surface area contributed by atoms with Crippen molar-refractivity contribution in [1.82, 2.24) is 10.2 Å². The minimum atomic E-state index is -0.722. The Kier molecular flexibility index (Phi) is 5.95. The van der Waals surface area contributed by atoms with Crippen LogP contribution < -0.4 is 5.32 Å². The molecule has 130 valence electrons. The summed E-state index contributed by atoms with van der Waals surface area (Å²) in [6, 6.07) is 3.24. The molecule has 0 aromatic heterocycles. The van der Waals surface area contributed by atoms with Crippen molar-refractivity contribution in [2.75, 3.05) is 27.4 Å². The maximum Gasteiger partial charge on any atom is 0.338 e. The van der Waals surface area contributed by atoms with Crippen LogP contribution in [0.15, 0.2) is 33.9 Å². The van der Waals surface area contributed by atoms with Crippen LogP contribution in [0, 0.1) is 5.82 Å². The molecule has 1 aliphatic heterocycles. The van der Waals surface area contributed by atoms with Crippen LogP contribution in [0.3, 0.4) is 0 Å². The first-order valence-corrected chi connectivity index (χ1v) is 8.02. The fourth-order valence-electron chi connectivity index (χ4n) is 2.34. The van der Waals surface area contributed by atoms with Crippen molar-refractivity contribution >= 4 is 27.9 Å². The first-order valence-electron chi connectivity index (χ1n) is 7.22. The molecule has 0 unspecified atom stereocenters. The van der Waals surface area contributed by atoms with E-state index in [1.165, 1.54) is 30.2 Å². The Labute approximate surface area is 147 Å². The first-order chi connectivity index (χ1) is 11.4. The van der Waals surface area contributed by atoms with Gasteiger partial charge in [-0.2, -0.15) is 0 Å². The molecule has 0 saturated carbocycles. The number of halogens is 2. The van der Waals surface area contributed by atoms with E-state index in [0.717, 1.165) is 0 Å². The van der Waals surface area contributed by atoms with Gasteiger partial charge in [-0.1, -0.05) is 6.07 Å². The molecular weight excluding hydrogens is 383 g/mol. The second kappa shape index (κ2) is 7.76. The third kappa shape index (κ3) is 3.76. The SMILES string of the molecule is COCCOC(=O)C1=C(C)N(C)C(=O)N[C@H]1c1ccc(F)c(Br)c1. The summed E-state index contributed by atoms with van der Waals surface area (Å²) >= 11 is 3.12. The zero-order chi connectivity index (χ0) is 17.9. The Bertz CT molecular complexity index is 693. The number of urea groups is 1. The van der Waals surface area contributed by atoms with E-state index >= 15 is 0 Å². The minimum absolute atomic E-state index is 0.101. The van der Waals surface area contributed by atoms with Gasteiger partial charge in [-0.25, -0.2) is 14.0 Å². The number of nitrogens with zero attached hydrogens (tertiary/aromatic N) is 1. The van der Waals surface area contributed by atoms with Crippen molar-refractivity contribution in [3.05, 3.63) is 45.3 Å². The van der Waals surface area contributed by atoms with Gasteiger partial charge in [0.1, 0.15) is 12.4 Å². The van der Waals surface area contributed by atoms with E-state index < -0.39 is 17.8 Å². The Hall–Kier alpha value is -1.93. The predicted octanol–water partition coefficient (Wildman–Crippen LogP) is 2.75. The van der Waals surface area contributed by atoms with E-state index in [0.29, 0.717) is 16.8 Å². The number of esters is 1. The third-order valence-electron chi connectivity index (χ3n) is 3.77. The predicted molar refractivity (Wildman–Crippen MR) is 88.7 cm³/mol. The molecule has 8 heteroatoms. The van der Waals surface area contributed by atoms with Gasteiger partial charge in [0.25, 0.3) is 0 Å². The number of hydrogen-bond acceptors (Lipinski definition) is 4. The molecule has 0 radical (unpaired) electrons. The van der Waals surface area contributed by atoms with Crippen LogP contribution in [0.25, 0.3) is 0 Å². The highest BCUT2D eigenvalue weighted by atomic mass is 79.9. The van der Waals surface area contributed by atoms with Crippen molar-refractivity contribution in [1.29, 1.82) is 0 Å². The Balaban J connectivity index is 2.40. The normalized spacial score (nSPS) is 17.8. The fourth-order valence-corrected chi connectivity index (χ4v) is 2.73. The molecule has 1 aromatic rings. The average Bonchev–Trinajstić information content (AvgIpc) is 2.55. The highest BCUT2D eigenvalue weighted by Gasteiger charge is 2.35. The van der Waals surface area contributed by atoms with E-state index in [9.17, 15) is 14.0 Å². The van der Waals surface area contributed by atoms with Crippen molar-refractivity contribution < 1.29 is 23.5 Å². The maximum absolute atomic E-state index is 13.5.